The monoisotopic (exact) mass is 297 g/mol. The normalized spacial score (nSPS) is 11.4. The van der Waals surface area contributed by atoms with E-state index in [1.807, 2.05) is 42.5 Å². The predicted molar refractivity (Wildman–Crippen MR) is 82.0 cm³/mol. The molecule has 0 amide bonds. The van der Waals surface area contributed by atoms with Crippen LogP contribution < -0.4 is 5.73 Å². The number of thioether (sulfide) groups is 1. The molecule has 0 aliphatic heterocycles. The topological polar surface area (TPSA) is 78.1 Å². The van der Waals surface area contributed by atoms with Crippen molar-refractivity contribution in [2.75, 3.05) is 5.73 Å². The first-order valence-corrected chi connectivity index (χ1v) is 7.40. The summed E-state index contributed by atoms with van der Waals surface area (Å²) in [5.41, 5.74) is 9.51. The van der Waals surface area contributed by atoms with Crippen molar-refractivity contribution in [2.24, 2.45) is 0 Å². The van der Waals surface area contributed by atoms with Crippen molar-refractivity contribution in [2.45, 2.75) is 11.0 Å². The maximum atomic E-state index is 5.87. The maximum Gasteiger partial charge on any atom is 0.257 e. The quantitative estimate of drug-likeness (QED) is 0.457. The Labute approximate surface area is 124 Å². The van der Waals surface area contributed by atoms with E-state index in [2.05, 4.69) is 9.97 Å². The molecule has 2 aromatic heterocycles. The van der Waals surface area contributed by atoms with Crippen molar-refractivity contribution in [1.82, 2.24) is 9.97 Å². The van der Waals surface area contributed by atoms with Crippen molar-refractivity contribution in [1.29, 1.82) is 0 Å². The fraction of sp³-hybridized carbons (Fsp3) is 0.0667. The maximum absolute atomic E-state index is 5.87. The van der Waals surface area contributed by atoms with Gasteiger partial charge in [0, 0.05) is 0 Å². The van der Waals surface area contributed by atoms with Crippen LogP contribution in [0.25, 0.3) is 22.2 Å². The molecule has 0 spiro atoms. The number of hydrogen-bond acceptors (Lipinski definition) is 6. The van der Waals surface area contributed by atoms with Gasteiger partial charge < -0.3 is 14.6 Å². The molecule has 0 unspecified atom stereocenters. The van der Waals surface area contributed by atoms with Crippen LogP contribution in [0.5, 0.6) is 0 Å². The van der Waals surface area contributed by atoms with E-state index in [9.17, 15) is 0 Å². The van der Waals surface area contributed by atoms with Gasteiger partial charge >= 0.3 is 0 Å². The second-order valence-electron chi connectivity index (χ2n) is 4.54. The third-order valence-electron chi connectivity index (χ3n) is 3.09. The first-order chi connectivity index (χ1) is 10.3. The van der Waals surface area contributed by atoms with Gasteiger partial charge in [0.1, 0.15) is 11.0 Å². The molecule has 0 fully saturated rings. The molecule has 0 saturated heterocycles. The summed E-state index contributed by atoms with van der Waals surface area (Å²) in [6.07, 6.45) is 0. The molecule has 0 atom stereocenters. The fourth-order valence-corrected chi connectivity index (χ4v) is 2.80. The van der Waals surface area contributed by atoms with Gasteiger partial charge in [-0.15, -0.1) is 0 Å². The van der Waals surface area contributed by atoms with Crippen LogP contribution in [-0.2, 0) is 5.75 Å². The van der Waals surface area contributed by atoms with Crippen LogP contribution in [0, 0.1) is 0 Å². The van der Waals surface area contributed by atoms with E-state index in [1.54, 1.807) is 0 Å². The number of nitrogens with zero attached hydrogens (tertiary/aromatic N) is 2. The van der Waals surface area contributed by atoms with E-state index in [1.165, 1.54) is 11.8 Å². The Morgan fingerprint density at radius 2 is 1.81 bits per heavy atom. The Hall–Kier alpha value is -2.47. The van der Waals surface area contributed by atoms with Crippen LogP contribution in [0.1, 0.15) is 5.89 Å². The third-order valence-corrected chi connectivity index (χ3v) is 3.90. The summed E-state index contributed by atoms with van der Waals surface area (Å²) in [4.78, 5) is 8.80. The first kappa shape index (κ1) is 12.3. The zero-order valence-corrected chi connectivity index (χ0v) is 11.8. The highest BCUT2D eigenvalue weighted by Gasteiger charge is 2.11. The molecule has 0 bridgehead atoms. The minimum absolute atomic E-state index is 0.543. The Morgan fingerprint density at radius 1 is 0.952 bits per heavy atom. The lowest BCUT2D eigenvalue weighted by Crippen LogP contribution is -1.85. The molecule has 0 radical (unpaired) electrons. The second-order valence-corrected chi connectivity index (χ2v) is 5.46. The average Bonchev–Trinajstić information content (AvgIpc) is 3.09. The van der Waals surface area contributed by atoms with Gasteiger partial charge in [-0.1, -0.05) is 30.0 Å². The largest absolute Gasteiger partial charge is 0.440 e. The minimum atomic E-state index is 0.543. The van der Waals surface area contributed by atoms with Gasteiger partial charge in [0.25, 0.3) is 5.22 Å². The molecule has 5 nitrogen and oxygen atoms in total. The number of fused-ring (bicyclic) bond motifs is 2. The van der Waals surface area contributed by atoms with Crippen LogP contribution in [0.3, 0.4) is 0 Å². The first-order valence-electron chi connectivity index (χ1n) is 6.42. The van der Waals surface area contributed by atoms with Crippen LogP contribution in [0.4, 0.5) is 5.69 Å². The fourth-order valence-electron chi connectivity index (χ4n) is 2.11. The van der Waals surface area contributed by atoms with Gasteiger partial charge in [-0.25, -0.2) is 9.97 Å². The van der Waals surface area contributed by atoms with Gasteiger partial charge in [-0.05, 0) is 24.3 Å². The lowest BCUT2D eigenvalue weighted by molar-refractivity contribution is 0.487. The number of rotatable bonds is 3. The van der Waals surface area contributed by atoms with Crippen molar-refractivity contribution in [3.63, 3.8) is 0 Å². The van der Waals surface area contributed by atoms with E-state index in [0.29, 0.717) is 33.7 Å². The van der Waals surface area contributed by atoms with E-state index in [0.717, 1.165) is 11.1 Å². The molecule has 4 rings (SSSR count). The zero-order valence-electron chi connectivity index (χ0n) is 10.9. The molecule has 104 valence electrons. The highest BCUT2D eigenvalue weighted by Crippen LogP contribution is 2.28. The van der Waals surface area contributed by atoms with Gasteiger partial charge in [-0.2, -0.15) is 0 Å². The average molecular weight is 297 g/mol. The molecule has 21 heavy (non-hydrogen) atoms. The number of para-hydroxylation sites is 3. The Kier molecular flexibility index (Phi) is 2.82. The third kappa shape index (κ3) is 2.23. The summed E-state index contributed by atoms with van der Waals surface area (Å²) >= 11 is 1.45. The molecule has 2 heterocycles. The summed E-state index contributed by atoms with van der Waals surface area (Å²) in [7, 11) is 0. The molecule has 0 aliphatic carbocycles. The lowest BCUT2D eigenvalue weighted by atomic mass is 10.3. The van der Waals surface area contributed by atoms with Gasteiger partial charge in [-0.3, -0.25) is 0 Å². The minimum Gasteiger partial charge on any atom is -0.440 e. The van der Waals surface area contributed by atoms with Gasteiger partial charge in [0.05, 0.1) is 11.4 Å². The molecule has 6 heteroatoms. The number of aromatic nitrogens is 2. The zero-order chi connectivity index (χ0) is 14.2. The smallest absolute Gasteiger partial charge is 0.257 e. The number of nitrogens with two attached hydrogens (primary N) is 1. The Bertz CT molecular complexity index is 896. The highest BCUT2D eigenvalue weighted by molar-refractivity contribution is 7.98. The number of anilines is 1. The summed E-state index contributed by atoms with van der Waals surface area (Å²) in [5, 5.41) is 0.603. The van der Waals surface area contributed by atoms with E-state index >= 15 is 0 Å². The van der Waals surface area contributed by atoms with Crippen LogP contribution in [-0.4, -0.2) is 9.97 Å². The van der Waals surface area contributed by atoms with Crippen molar-refractivity contribution in [3.05, 3.63) is 48.4 Å². The molecule has 0 saturated carbocycles. The van der Waals surface area contributed by atoms with E-state index < -0.39 is 0 Å². The number of oxazole rings is 2. The van der Waals surface area contributed by atoms with Crippen LogP contribution in [0.15, 0.2) is 56.5 Å². The molecular formula is C15H11N3O2S. The van der Waals surface area contributed by atoms with Crippen molar-refractivity contribution < 1.29 is 8.83 Å². The van der Waals surface area contributed by atoms with Crippen molar-refractivity contribution >= 4 is 39.6 Å². The highest BCUT2D eigenvalue weighted by atomic mass is 32.2. The summed E-state index contributed by atoms with van der Waals surface area (Å²) < 4.78 is 11.3. The number of benzene rings is 2. The molecule has 0 aliphatic rings. The molecular weight excluding hydrogens is 286 g/mol. The van der Waals surface area contributed by atoms with E-state index in [-0.39, 0.29) is 0 Å². The summed E-state index contributed by atoms with van der Waals surface area (Å²) in [6.45, 7) is 0. The van der Waals surface area contributed by atoms with Crippen molar-refractivity contribution in [3.8, 4) is 0 Å². The standard InChI is InChI=1S/C15H11N3O2S/c16-9-4-3-7-12-14(9)18-13(19-12)8-21-15-17-10-5-1-2-6-11(10)20-15/h1-7H,8,16H2. The summed E-state index contributed by atoms with van der Waals surface area (Å²) in [6, 6.07) is 13.2. The second kappa shape index (κ2) is 4.82. The Balaban J connectivity index is 1.58. The number of hydrogen-bond donors (Lipinski definition) is 1. The Morgan fingerprint density at radius 3 is 2.67 bits per heavy atom. The van der Waals surface area contributed by atoms with E-state index in [4.69, 9.17) is 14.6 Å². The summed E-state index contributed by atoms with van der Waals surface area (Å²) in [5.74, 6) is 1.15. The van der Waals surface area contributed by atoms with Crippen LogP contribution in [0.2, 0.25) is 0 Å². The van der Waals surface area contributed by atoms with Gasteiger partial charge in [0.2, 0.25) is 5.89 Å². The van der Waals surface area contributed by atoms with Crippen LogP contribution >= 0.6 is 11.8 Å². The molecule has 4 aromatic rings. The SMILES string of the molecule is Nc1cccc2oc(CSc3nc4ccccc4o3)nc12. The lowest BCUT2D eigenvalue weighted by Gasteiger charge is -1.90. The van der Waals surface area contributed by atoms with Gasteiger partial charge in [0.15, 0.2) is 11.2 Å². The molecule has 2 aromatic carbocycles. The number of nitrogen functional groups attached to an aromatic ring is 1. The predicted octanol–water partition coefficient (Wildman–Crippen LogP) is 3.84. The molecule has 2 N–H and O–H groups in total.